The second-order valence-corrected chi connectivity index (χ2v) is 3.84. The summed E-state index contributed by atoms with van der Waals surface area (Å²) in [5.74, 6) is 0.798. The van der Waals surface area contributed by atoms with Crippen LogP contribution in [0.2, 0.25) is 0 Å². The third kappa shape index (κ3) is 1.40. The highest BCUT2D eigenvalue weighted by Crippen LogP contribution is 2.33. The second kappa shape index (κ2) is 2.84. The van der Waals surface area contributed by atoms with Crippen LogP contribution in [0.15, 0.2) is 23.3 Å². The molecule has 0 spiro atoms. The summed E-state index contributed by atoms with van der Waals surface area (Å²) in [5, 5.41) is 0. The summed E-state index contributed by atoms with van der Waals surface area (Å²) in [6, 6.07) is 0. The predicted octanol–water partition coefficient (Wildman–Crippen LogP) is 3.45. The summed E-state index contributed by atoms with van der Waals surface area (Å²) in [4.78, 5) is 0. The van der Waals surface area contributed by atoms with Crippen molar-refractivity contribution in [2.75, 3.05) is 0 Å². The molecule has 1 fully saturated rings. The molecule has 0 heteroatoms. The maximum absolute atomic E-state index is 2.48. The van der Waals surface area contributed by atoms with Crippen LogP contribution in [0.3, 0.4) is 0 Å². The van der Waals surface area contributed by atoms with Crippen molar-refractivity contribution in [1.82, 2.24) is 0 Å². The van der Waals surface area contributed by atoms with Crippen LogP contribution in [-0.2, 0) is 0 Å². The fourth-order valence-corrected chi connectivity index (χ4v) is 2.12. The van der Waals surface area contributed by atoms with Crippen molar-refractivity contribution < 1.29 is 0 Å². The molecular formula is C11H16. The van der Waals surface area contributed by atoms with Crippen LogP contribution in [0.1, 0.15) is 39.0 Å². The zero-order valence-corrected chi connectivity index (χ0v) is 7.27. The van der Waals surface area contributed by atoms with Crippen LogP contribution >= 0.6 is 0 Å². The molecule has 0 amide bonds. The molecule has 0 bridgehead atoms. The molecule has 0 aromatic heterocycles. The van der Waals surface area contributed by atoms with E-state index in [9.17, 15) is 0 Å². The number of fused-ring (bicyclic) bond motifs is 1. The van der Waals surface area contributed by atoms with Gasteiger partial charge in [0.15, 0.2) is 0 Å². The Morgan fingerprint density at radius 1 is 1.18 bits per heavy atom. The van der Waals surface area contributed by atoms with Gasteiger partial charge in [0.05, 0.1) is 0 Å². The molecule has 0 nitrogen and oxygen atoms in total. The Morgan fingerprint density at radius 2 is 1.91 bits per heavy atom. The molecule has 1 unspecified atom stereocenters. The Balaban J connectivity index is 2.19. The molecule has 0 heterocycles. The van der Waals surface area contributed by atoms with Crippen molar-refractivity contribution in [2.24, 2.45) is 5.92 Å². The number of rotatable bonds is 0. The lowest BCUT2D eigenvalue weighted by Gasteiger charge is -2.23. The molecular weight excluding hydrogens is 132 g/mol. The van der Waals surface area contributed by atoms with Crippen molar-refractivity contribution in [1.29, 1.82) is 0 Å². The number of hydrogen-bond donors (Lipinski definition) is 0. The summed E-state index contributed by atoms with van der Waals surface area (Å²) in [6.45, 7) is 2.31. The summed E-state index contributed by atoms with van der Waals surface area (Å²) >= 11 is 0. The maximum atomic E-state index is 2.48. The zero-order valence-electron chi connectivity index (χ0n) is 7.27. The Morgan fingerprint density at radius 3 is 2.73 bits per heavy atom. The van der Waals surface area contributed by atoms with E-state index in [0.29, 0.717) is 0 Å². The Hall–Kier alpha value is -0.520. The van der Waals surface area contributed by atoms with Crippen molar-refractivity contribution in [3.05, 3.63) is 23.3 Å². The molecule has 1 saturated carbocycles. The van der Waals surface area contributed by atoms with Gasteiger partial charge in [0.1, 0.15) is 0 Å². The molecule has 60 valence electrons. The van der Waals surface area contributed by atoms with E-state index in [4.69, 9.17) is 0 Å². The quantitative estimate of drug-likeness (QED) is 0.493. The van der Waals surface area contributed by atoms with Gasteiger partial charge in [0.2, 0.25) is 0 Å². The van der Waals surface area contributed by atoms with Gasteiger partial charge >= 0.3 is 0 Å². The summed E-state index contributed by atoms with van der Waals surface area (Å²) < 4.78 is 0. The molecule has 1 atom stereocenters. The molecule has 2 rings (SSSR count). The lowest BCUT2D eigenvalue weighted by Crippen LogP contribution is -2.05. The van der Waals surface area contributed by atoms with E-state index in [-0.39, 0.29) is 0 Å². The van der Waals surface area contributed by atoms with Crippen LogP contribution < -0.4 is 0 Å². The molecule has 0 aliphatic heterocycles. The monoisotopic (exact) mass is 148 g/mol. The summed E-state index contributed by atoms with van der Waals surface area (Å²) in [6.07, 6.45) is 11.7. The molecule has 0 saturated heterocycles. The van der Waals surface area contributed by atoms with E-state index in [1.54, 1.807) is 11.1 Å². The van der Waals surface area contributed by atoms with Crippen LogP contribution in [0.5, 0.6) is 0 Å². The average molecular weight is 148 g/mol. The van der Waals surface area contributed by atoms with Crippen LogP contribution in [0, 0.1) is 5.92 Å². The van der Waals surface area contributed by atoms with Crippen molar-refractivity contribution >= 4 is 0 Å². The van der Waals surface area contributed by atoms with Crippen molar-refractivity contribution in [2.45, 2.75) is 39.0 Å². The summed E-state index contributed by atoms with van der Waals surface area (Å²) in [5.41, 5.74) is 3.32. The fraction of sp³-hybridized carbons (Fsp3) is 0.636. The number of hydrogen-bond acceptors (Lipinski definition) is 0. The normalized spacial score (nSPS) is 30.5. The highest BCUT2D eigenvalue weighted by Gasteiger charge is 2.15. The highest BCUT2D eigenvalue weighted by molar-refractivity contribution is 5.35. The molecule has 11 heavy (non-hydrogen) atoms. The lowest BCUT2D eigenvalue weighted by molar-refractivity contribution is 0.632. The number of allylic oxidation sites excluding steroid dienone is 4. The van der Waals surface area contributed by atoms with Crippen LogP contribution in [-0.4, -0.2) is 0 Å². The third-order valence-electron chi connectivity index (χ3n) is 2.78. The van der Waals surface area contributed by atoms with Crippen molar-refractivity contribution in [3.63, 3.8) is 0 Å². The zero-order chi connectivity index (χ0) is 7.68. The topological polar surface area (TPSA) is 0 Å². The minimum atomic E-state index is 0.798. The molecule has 2 aliphatic carbocycles. The first-order valence-corrected chi connectivity index (χ1v) is 4.76. The highest BCUT2D eigenvalue weighted by atomic mass is 14.2. The van der Waals surface area contributed by atoms with E-state index in [1.807, 2.05) is 0 Å². The van der Waals surface area contributed by atoms with Gasteiger partial charge < -0.3 is 0 Å². The standard InChI is InChI=1S/C11H16/c1-9-6-7-10-4-2-3-5-11(10)8-9/h7-9H,2-6H2,1H3. The fourth-order valence-electron chi connectivity index (χ4n) is 2.12. The Bertz CT molecular complexity index is 208. The first kappa shape index (κ1) is 7.15. The van der Waals surface area contributed by atoms with E-state index in [0.717, 1.165) is 5.92 Å². The Kier molecular flexibility index (Phi) is 1.85. The first-order valence-electron chi connectivity index (χ1n) is 4.76. The van der Waals surface area contributed by atoms with E-state index in [1.165, 1.54) is 32.1 Å². The van der Waals surface area contributed by atoms with E-state index >= 15 is 0 Å². The van der Waals surface area contributed by atoms with Gasteiger partial charge in [-0.2, -0.15) is 0 Å². The second-order valence-electron chi connectivity index (χ2n) is 3.84. The minimum Gasteiger partial charge on any atom is -0.0805 e. The van der Waals surface area contributed by atoms with E-state index in [2.05, 4.69) is 19.1 Å². The molecule has 0 radical (unpaired) electrons. The Labute approximate surface area is 69.0 Å². The summed E-state index contributed by atoms with van der Waals surface area (Å²) in [7, 11) is 0. The maximum Gasteiger partial charge on any atom is -0.0221 e. The average Bonchev–Trinajstić information content (AvgIpc) is 2.04. The lowest BCUT2D eigenvalue weighted by atomic mass is 9.82. The van der Waals surface area contributed by atoms with Gasteiger partial charge in [-0.25, -0.2) is 0 Å². The molecule has 0 aromatic carbocycles. The van der Waals surface area contributed by atoms with Gasteiger partial charge in [0.25, 0.3) is 0 Å². The molecule has 0 N–H and O–H groups in total. The van der Waals surface area contributed by atoms with Crippen LogP contribution in [0.25, 0.3) is 0 Å². The SMILES string of the molecule is CC1C=C2CCCCC2=CC1. The van der Waals surface area contributed by atoms with Gasteiger partial charge in [-0.05, 0) is 49.2 Å². The van der Waals surface area contributed by atoms with Gasteiger partial charge in [-0.1, -0.05) is 19.1 Å². The van der Waals surface area contributed by atoms with Crippen LogP contribution in [0.4, 0.5) is 0 Å². The third-order valence-corrected chi connectivity index (χ3v) is 2.78. The van der Waals surface area contributed by atoms with Gasteiger partial charge in [-0.3, -0.25) is 0 Å². The molecule has 0 aromatic rings. The van der Waals surface area contributed by atoms with Crippen molar-refractivity contribution in [3.8, 4) is 0 Å². The minimum absolute atomic E-state index is 0.798. The largest absolute Gasteiger partial charge is 0.0805 e. The first-order chi connectivity index (χ1) is 5.36. The predicted molar refractivity (Wildman–Crippen MR) is 48.4 cm³/mol. The molecule has 2 aliphatic rings. The van der Waals surface area contributed by atoms with E-state index < -0.39 is 0 Å². The van der Waals surface area contributed by atoms with Gasteiger partial charge in [-0.15, -0.1) is 0 Å². The van der Waals surface area contributed by atoms with Gasteiger partial charge in [0, 0.05) is 0 Å². The smallest absolute Gasteiger partial charge is 0.0221 e.